The number of hydrogen-bond acceptors (Lipinski definition) is 1. The highest BCUT2D eigenvalue weighted by atomic mass is 16.5. The summed E-state index contributed by atoms with van der Waals surface area (Å²) in [7, 11) is 0. The minimum absolute atomic E-state index is 0.481. The molecule has 4 saturated carbocycles. The summed E-state index contributed by atoms with van der Waals surface area (Å²) in [5.41, 5.74) is 1.29. The van der Waals surface area contributed by atoms with Crippen LogP contribution in [-0.2, 0) is 4.74 Å². The van der Waals surface area contributed by atoms with E-state index in [1.807, 2.05) is 6.26 Å². The second-order valence-corrected chi connectivity index (χ2v) is 7.29. The normalized spacial score (nSPS) is 42.7. The molecule has 4 aliphatic rings. The van der Waals surface area contributed by atoms with Gasteiger partial charge in [0, 0.05) is 5.92 Å². The van der Waals surface area contributed by atoms with Gasteiger partial charge < -0.3 is 4.74 Å². The highest BCUT2D eigenvalue weighted by Gasteiger charge is 2.50. The minimum Gasteiger partial charge on any atom is -0.498 e. The fourth-order valence-electron chi connectivity index (χ4n) is 5.26. The van der Waals surface area contributed by atoms with Crippen LogP contribution in [0.1, 0.15) is 59.3 Å². The van der Waals surface area contributed by atoms with E-state index in [2.05, 4.69) is 20.8 Å². The van der Waals surface area contributed by atoms with E-state index in [4.69, 9.17) is 4.74 Å². The van der Waals surface area contributed by atoms with Gasteiger partial charge in [-0.25, -0.2) is 0 Å². The molecule has 1 heteroatoms. The summed E-state index contributed by atoms with van der Waals surface area (Å²) in [5.74, 6) is 4.97. The molecule has 1 nitrogen and oxygen atoms in total. The smallest absolute Gasteiger partial charge is 0.101 e. The monoisotopic (exact) mass is 248 g/mol. The van der Waals surface area contributed by atoms with Gasteiger partial charge in [-0.15, -0.1) is 0 Å². The molecule has 0 aromatic heterocycles. The Morgan fingerprint density at radius 1 is 1.06 bits per heavy atom. The zero-order chi connectivity index (χ0) is 12.7. The van der Waals surface area contributed by atoms with Crippen molar-refractivity contribution in [1.29, 1.82) is 0 Å². The third kappa shape index (κ3) is 2.21. The predicted molar refractivity (Wildman–Crippen MR) is 75.1 cm³/mol. The molecule has 4 fully saturated rings. The lowest BCUT2D eigenvalue weighted by atomic mass is 9.50. The Bertz CT molecular complexity index is 299. The molecule has 0 aromatic carbocycles. The second kappa shape index (κ2) is 4.90. The first kappa shape index (κ1) is 12.6. The van der Waals surface area contributed by atoms with E-state index in [-0.39, 0.29) is 0 Å². The van der Waals surface area contributed by atoms with Crippen LogP contribution in [0, 0.1) is 29.6 Å². The van der Waals surface area contributed by atoms with Gasteiger partial charge in [0.1, 0.15) is 6.10 Å². The van der Waals surface area contributed by atoms with E-state index in [1.54, 1.807) is 6.42 Å². The van der Waals surface area contributed by atoms with Crippen LogP contribution in [0.15, 0.2) is 11.8 Å². The number of hydrogen-bond donors (Lipinski definition) is 0. The maximum atomic E-state index is 6.12. The largest absolute Gasteiger partial charge is 0.498 e. The molecule has 0 aliphatic heterocycles. The van der Waals surface area contributed by atoms with Crippen LogP contribution < -0.4 is 0 Å². The van der Waals surface area contributed by atoms with Crippen molar-refractivity contribution in [2.75, 3.05) is 0 Å². The van der Waals surface area contributed by atoms with Crippen molar-refractivity contribution in [3.8, 4) is 0 Å². The second-order valence-electron chi connectivity index (χ2n) is 7.29. The molecule has 4 bridgehead atoms. The van der Waals surface area contributed by atoms with Crippen molar-refractivity contribution >= 4 is 0 Å². The molecule has 0 heterocycles. The molecular weight excluding hydrogens is 220 g/mol. The summed E-state index contributed by atoms with van der Waals surface area (Å²) < 4.78 is 6.12. The predicted octanol–water partition coefficient (Wildman–Crippen LogP) is 4.78. The molecule has 102 valence electrons. The fraction of sp³-hybridized carbons (Fsp3) is 0.882. The highest BCUT2D eigenvalue weighted by molar-refractivity contribution is 5.01. The molecule has 4 aliphatic carbocycles. The van der Waals surface area contributed by atoms with Gasteiger partial charge in [0.25, 0.3) is 0 Å². The van der Waals surface area contributed by atoms with E-state index in [1.165, 1.54) is 37.7 Å². The van der Waals surface area contributed by atoms with Crippen molar-refractivity contribution in [2.45, 2.75) is 65.4 Å². The Balaban J connectivity index is 1.72. The first-order chi connectivity index (χ1) is 8.67. The van der Waals surface area contributed by atoms with Crippen LogP contribution in [0.3, 0.4) is 0 Å². The first-order valence-electron chi connectivity index (χ1n) is 7.96. The van der Waals surface area contributed by atoms with Crippen molar-refractivity contribution in [2.24, 2.45) is 29.6 Å². The minimum atomic E-state index is 0.481. The molecule has 0 radical (unpaired) electrons. The average Bonchev–Trinajstić information content (AvgIpc) is 2.31. The molecule has 0 saturated heterocycles. The molecule has 1 unspecified atom stereocenters. The van der Waals surface area contributed by atoms with Gasteiger partial charge in [0.05, 0.1) is 6.26 Å². The molecule has 0 N–H and O–H groups in total. The molecule has 0 amide bonds. The standard InChI is InChI=1S/C17H28O/c1-4-16(18-10-11(2)3)17-14-6-12-5-13(8-14)9-15(17)7-12/h10,12-17H,4-9H2,1-3H3. The summed E-state index contributed by atoms with van der Waals surface area (Å²) in [4.78, 5) is 0. The zero-order valence-electron chi connectivity index (χ0n) is 12.2. The summed E-state index contributed by atoms with van der Waals surface area (Å²) in [6.07, 6.45) is 11.2. The Morgan fingerprint density at radius 3 is 2.06 bits per heavy atom. The number of rotatable bonds is 4. The van der Waals surface area contributed by atoms with Crippen LogP contribution in [0.5, 0.6) is 0 Å². The summed E-state index contributed by atoms with van der Waals surface area (Å²) >= 11 is 0. The number of ether oxygens (including phenoxy) is 1. The first-order valence-corrected chi connectivity index (χ1v) is 7.96. The SMILES string of the molecule is CCC(OC=C(C)C)C1C2CC3CC(C2)CC1C3. The molecular formula is C17H28O. The lowest BCUT2D eigenvalue weighted by Crippen LogP contribution is -2.49. The maximum Gasteiger partial charge on any atom is 0.101 e. The van der Waals surface area contributed by atoms with Crippen LogP contribution in [0.4, 0.5) is 0 Å². The van der Waals surface area contributed by atoms with Crippen LogP contribution in [-0.4, -0.2) is 6.10 Å². The van der Waals surface area contributed by atoms with Crippen LogP contribution >= 0.6 is 0 Å². The van der Waals surface area contributed by atoms with E-state index in [9.17, 15) is 0 Å². The molecule has 1 atom stereocenters. The van der Waals surface area contributed by atoms with Crippen molar-refractivity contribution < 1.29 is 4.74 Å². The summed E-state index contributed by atoms with van der Waals surface area (Å²) in [5, 5.41) is 0. The lowest BCUT2D eigenvalue weighted by Gasteiger charge is -2.56. The maximum absolute atomic E-state index is 6.12. The van der Waals surface area contributed by atoms with Gasteiger partial charge in [-0.05, 0) is 81.6 Å². The summed E-state index contributed by atoms with van der Waals surface area (Å²) in [6.45, 7) is 6.56. The van der Waals surface area contributed by atoms with Gasteiger partial charge in [0.15, 0.2) is 0 Å². The van der Waals surface area contributed by atoms with Crippen LogP contribution in [0.25, 0.3) is 0 Å². The molecule has 4 rings (SSSR count). The fourth-order valence-corrected chi connectivity index (χ4v) is 5.26. The van der Waals surface area contributed by atoms with Gasteiger partial charge in [-0.1, -0.05) is 6.92 Å². The quantitative estimate of drug-likeness (QED) is 0.651. The molecule has 18 heavy (non-hydrogen) atoms. The third-order valence-electron chi connectivity index (χ3n) is 5.61. The van der Waals surface area contributed by atoms with Crippen molar-refractivity contribution in [1.82, 2.24) is 0 Å². The van der Waals surface area contributed by atoms with E-state index in [0.29, 0.717) is 6.10 Å². The van der Waals surface area contributed by atoms with E-state index < -0.39 is 0 Å². The highest BCUT2D eigenvalue weighted by Crippen LogP contribution is 2.57. The Morgan fingerprint density at radius 2 is 1.61 bits per heavy atom. The van der Waals surface area contributed by atoms with E-state index in [0.717, 1.165) is 29.6 Å². The number of allylic oxidation sites excluding steroid dienone is 1. The topological polar surface area (TPSA) is 9.23 Å². The molecule has 0 spiro atoms. The Kier molecular flexibility index (Phi) is 3.42. The van der Waals surface area contributed by atoms with Gasteiger partial charge in [0.2, 0.25) is 0 Å². The Hall–Kier alpha value is -0.460. The summed E-state index contributed by atoms with van der Waals surface area (Å²) in [6, 6.07) is 0. The van der Waals surface area contributed by atoms with E-state index >= 15 is 0 Å². The van der Waals surface area contributed by atoms with Crippen LogP contribution in [0.2, 0.25) is 0 Å². The Labute approximate surface area is 112 Å². The van der Waals surface area contributed by atoms with Crippen molar-refractivity contribution in [3.63, 3.8) is 0 Å². The molecule has 0 aromatic rings. The van der Waals surface area contributed by atoms with Gasteiger partial charge in [-0.2, -0.15) is 0 Å². The third-order valence-corrected chi connectivity index (χ3v) is 5.61. The average molecular weight is 248 g/mol. The lowest BCUT2D eigenvalue weighted by molar-refractivity contribution is -0.0933. The zero-order valence-corrected chi connectivity index (χ0v) is 12.2. The van der Waals surface area contributed by atoms with Gasteiger partial charge in [-0.3, -0.25) is 0 Å². The van der Waals surface area contributed by atoms with Gasteiger partial charge >= 0.3 is 0 Å². The van der Waals surface area contributed by atoms with Crippen molar-refractivity contribution in [3.05, 3.63) is 11.8 Å².